The third kappa shape index (κ3) is 2.79. The highest BCUT2D eigenvalue weighted by Gasteiger charge is 2.15. The van der Waals surface area contributed by atoms with Gasteiger partial charge in [-0.05, 0) is 17.4 Å². The van der Waals surface area contributed by atoms with E-state index >= 15 is 0 Å². The van der Waals surface area contributed by atoms with Crippen molar-refractivity contribution in [2.75, 3.05) is 6.54 Å². The van der Waals surface area contributed by atoms with Gasteiger partial charge in [0, 0.05) is 10.8 Å². The van der Waals surface area contributed by atoms with Crippen LogP contribution in [0.2, 0.25) is 0 Å². The van der Waals surface area contributed by atoms with Gasteiger partial charge in [-0.25, -0.2) is 9.79 Å². The Morgan fingerprint density at radius 3 is 2.85 bits per heavy atom. The zero-order valence-corrected chi connectivity index (χ0v) is 8.67. The number of aliphatic imine (C=N–C) groups is 1. The maximum Gasteiger partial charge on any atom is 0.234 e. The number of isocyanates is 1. The predicted octanol–water partition coefficient (Wildman–Crippen LogP) is 2.82. The average molecular weight is 195 g/mol. The SMILES string of the molecule is CC(C)C(CN=C=O)c1cccs1. The van der Waals surface area contributed by atoms with Crippen LogP contribution in [0, 0.1) is 5.92 Å². The summed E-state index contributed by atoms with van der Waals surface area (Å²) in [4.78, 5) is 15.0. The standard InChI is InChI=1S/C10H13NOS/c1-8(2)9(6-11-7-12)10-4-3-5-13-10/h3-5,8-9H,6H2,1-2H3. The first kappa shape index (κ1) is 10.2. The lowest BCUT2D eigenvalue weighted by molar-refractivity contribution is 0.508. The van der Waals surface area contributed by atoms with Crippen LogP contribution in [0.4, 0.5) is 0 Å². The highest BCUT2D eigenvalue weighted by Crippen LogP contribution is 2.28. The third-order valence-electron chi connectivity index (χ3n) is 2.07. The summed E-state index contributed by atoms with van der Waals surface area (Å²) in [5, 5.41) is 2.05. The molecule has 1 heterocycles. The van der Waals surface area contributed by atoms with Crippen LogP contribution < -0.4 is 0 Å². The zero-order chi connectivity index (χ0) is 9.68. The van der Waals surface area contributed by atoms with Crippen molar-refractivity contribution in [2.45, 2.75) is 19.8 Å². The van der Waals surface area contributed by atoms with Crippen molar-refractivity contribution in [3.8, 4) is 0 Å². The summed E-state index contributed by atoms with van der Waals surface area (Å²) < 4.78 is 0. The van der Waals surface area contributed by atoms with E-state index in [0.29, 0.717) is 18.4 Å². The predicted molar refractivity (Wildman–Crippen MR) is 54.9 cm³/mol. The third-order valence-corrected chi connectivity index (χ3v) is 3.07. The topological polar surface area (TPSA) is 29.4 Å². The summed E-state index contributed by atoms with van der Waals surface area (Å²) >= 11 is 1.72. The maximum atomic E-state index is 10.0. The molecule has 0 saturated heterocycles. The minimum absolute atomic E-state index is 0.362. The first-order valence-corrected chi connectivity index (χ1v) is 5.20. The molecule has 1 rings (SSSR count). The van der Waals surface area contributed by atoms with E-state index in [-0.39, 0.29) is 0 Å². The molecule has 0 aromatic carbocycles. The Morgan fingerprint density at radius 2 is 2.38 bits per heavy atom. The fraction of sp³-hybridized carbons (Fsp3) is 0.500. The van der Waals surface area contributed by atoms with Gasteiger partial charge in [-0.3, -0.25) is 0 Å². The van der Waals surface area contributed by atoms with E-state index in [1.807, 2.05) is 6.07 Å². The molecule has 0 fully saturated rings. The second kappa shape index (κ2) is 4.95. The molecule has 0 spiro atoms. The molecule has 0 bridgehead atoms. The zero-order valence-electron chi connectivity index (χ0n) is 7.86. The smallest absolute Gasteiger partial charge is 0.211 e. The monoisotopic (exact) mass is 195 g/mol. The highest BCUT2D eigenvalue weighted by molar-refractivity contribution is 7.10. The minimum atomic E-state index is 0.362. The molecule has 0 aliphatic carbocycles. The van der Waals surface area contributed by atoms with Gasteiger partial charge in [0.2, 0.25) is 6.08 Å². The summed E-state index contributed by atoms with van der Waals surface area (Å²) in [6, 6.07) is 4.12. The Kier molecular flexibility index (Phi) is 3.87. The van der Waals surface area contributed by atoms with Crippen LogP contribution in [0.15, 0.2) is 22.5 Å². The van der Waals surface area contributed by atoms with Gasteiger partial charge in [-0.15, -0.1) is 11.3 Å². The van der Waals surface area contributed by atoms with Crippen LogP contribution in [-0.4, -0.2) is 12.6 Å². The van der Waals surface area contributed by atoms with Crippen molar-refractivity contribution in [3.63, 3.8) is 0 Å². The lowest BCUT2D eigenvalue weighted by Gasteiger charge is -2.15. The van der Waals surface area contributed by atoms with Gasteiger partial charge >= 0.3 is 0 Å². The molecule has 0 aliphatic rings. The number of thiophene rings is 1. The van der Waals surface area contributed by atoms with Crippen molar-refractivity contribution >= 4 is 17.4 Å². The summed E-state index contributed by atoms with van der Waals surface area (Å²) in [6.07, 6.45) is 1.59. The van der Waals surface area contributed by atoms with Gasteiger partial charge in [0.25, 0.3) is 0 Å². The first-order valence-electron chi connectivity index (χ1n) is 4.32. The molecule has 1 unspecified atom stereocenters. The molecule has 0 saturated carbocycles. The molecule has 0 N–H and O–H groups in total. The Balaban J connectivity index is 2.74. The molecule has 2 nitrogen and oxygen atoms in total. The highest BCUT2D eigenvalue weighted by atomic mass is 32.1. The number of nitrogens with zero attached hydrogens (tertiary/aromatic N) is 1. The Labute approximate surface area is 82.3 Å². The fourth-order valence-corrected chi connectivity index (χ4v) is 2.26. The quantitative estimate of drug-likeness (QED) is 0.536. The van der Waals surface area contributed by atoms with E-state index in [1.165, 1.54) is 4.88 Å². The van der Waals surface area contributed by atoms with Crippen molar-refractivity contribution < 1.29 is 4.79 Å². The van der Waals surface area contributed by atoms with Crippen LogP contribution in [0.5, 0.6) is 0 Å². The normalized spacial score (nSPS) is 12.5. The molecular formula is C10H13NOS. The minimum Gasteiger partial charge on any atom is -0.211 e. The molecule has 0 radical (unpaired) electrons. The van der Waals surface area contributed by atoms with Crippen LogP contribution in [0.1, 0.15) is 24.6 Å². The molecule has 0 amide bonds. The molecule has 70 valence electrons. The number of rotatable bonds is 4. The van der Waals surface area contributed by atoms with Crippen LogP contribution in [-0.2, 0) is 4.79 Å². The second-order valence-electron chi connectivity index (χ2n) is 3.30. The van der Waals surface area contributed by atoms with E-state index in [4.69, 9.17) is 0 Å². The van der Waals surface area contributed by atoms with Crippen molar-refractivity contribution in [1.82, 2.24) is 0 Å². The summed E-state index contributed by atoms with van der Waals surface area (Å²) in [5.74, 6) is 0.872. The fourth-order valence-electron chi connectivity index (χ4n) is 1.27. The molecular weight excluding hydrogens is 182 g/mol. The van der Waals surface area contributed by atoms with E-state index in [2.05, 4.69) is 30.3 Å². The van der Waals surface area contributed by atoms with Gasteiger partial charge in [0.05, 0.1) is 6.54 Å². The van der Waals surface area contributed by atoms with Gasteiger partial charge in [-0.2, -0.15) is 0 Å². The van der Waals surface area contributed by atoms with Gasteiger partial charge in [0.15, 0.2) is 0 Å². The largest absolute Gasteiger partial charge is 0.234 e. The van der Waals surface area contributed by atoms with Crippen molar-refractivity contribution in [2.24, 2.45) is 10.9 Å². The average Bonchev–Trinajstić information content (AvgIpc) is 2.57. The van der Waals surface area contributed by atoms with Crippen LogP contribution >= 0.6 is 11.3 Å². The first-order chi connectivity index (χ1) is 6.25. The molecule has 1 aromatic rings. The molecule has 3 heteroatoms. The van der Waals surface area contributed by atoms with Crippen LogP contribution in [0.25, 0.3) is 0 Å². The van der Waals surface area contributed by atoms with Gasteiger partial charge in [0.1, 0.15) is 0 Å². The Hall–Kier alpha value is -0.920. The Bertz CT molecular complexity index is 286. The lowest BCUT2D eigenvalue weighted by atomic mass is 9.94. The number of hydrogen-bond acceptors (Lipinski definition) is 3. The summed E-state index contributed by atoms with van der Waals surface area (Å²) in [5.41, 5.74) is 0. The lowest BCUT2D eigenvalue weighted by Crippen LogP contribution is -2.08. The Morgan fingerprint density at radius 1 is 1.62 bits per heavy atom. The van der Waals surface area contributed by atoms with E-state index in [0.717, 1.165) is 0 Å². The number of hydrogen-bond donors (Lipinski definition) is 0. The van der Waals surface area contributed by atoms with Crippen LogP contribution in [0.3, 0.4) is 0 Å². The number of carbonyl (C=O) groups excluding carboxylic acids is 1. The van der Waals surface area contributed by atoms with E-state index < -0.39 is 0 Å². The molecule has 1 atom stereocenters. The maximum absolute atomic E-state index is 10.0. The molecule has 13 heavy (non-hydrogen) atoms. The van der Waals surface area contributed by atoms with E-state index in [1.54, 1.807) is 17.4 Å². The van der Waals surface area contributed by atoms with Gasteiger partial charge < -0.3 is 0 Å². The molecule has 1 aromatic heterocycles. The summed E-state index contributed by atoms with van der Waals surface area (Å²) in [7, 11) is 0. The van der Waals surface area contributed by atoms with E-state index in [9.17, 15) is 4.79 Å². The summed E-state index contributed by atoms with van der Waals surface area (Å²) in [6.45, 7) is 4.84. The van der Waals surface area contributed by atoms with Gasteiger partial charge in [-0.1, -0.05) is 19.9 Å². The second-order valence-corrected chi connectivity index (χ2v) is 4.28. The van der Waals surface area contributed by atoms with Crippen molar-refractivity contribution in [1.29, 1.82) is 0 Å². The van der Waals surface area contributed by atoms with Crippen molar-refractivity contribution in [3.05, 3.63) is 22.4 Å². The molecule has 0 aliphatic heterocycles.